The Morgan fingerprint density at radius 3 is 2.38 bits per heavy atom. The summed E-state index contributed by atoms with van der Waals surface area (Å²) >= 11 is 0. The number of nitrogens with one attached hydrogen (secondary N) is 2. The number of hydrogen-bond donors (Lipinski definition) is 2. The molecule has 9 nitrogen and oxygen atoms in total. The first-order valence-electron chi connectivity index (χ1n) is 12.1. The monoisotopic (exact) mass is 522 g/mol. The molecule has 0 atom stereocenters. The standard InChI is InChI=1S/C27H30N4O5S/c1-19(20-12-14-22(15-13-20)21-8-4-3-5-9-21)28-29-25-17-16-23(31(32)33)18-27(25)37(34,35)30-24-10-6-7-11-26(24)36-2/h6-7,10-18,21,29-30H,3-5,8-9H2,1-2H3. The number of para-hydroxylation sites is 2. The molecule has 0 heterocycles. The largest absolute Gasteiger partial charge is 0.495 e. The zero-order valence-electron chi connectivity index (χ0n) is 20.8. The van der Waals surface area contributed by atoms with Crippen molar-refractivity contribution in [2.75, 3.05) is 17.3 Å². The van der Waals surface area contributed by atoms with Crippen LogP contribution in [0.4, 0.5) is 17.1 Å². The summed E-state index contributed by atoms with van der Waals surface area (Å²) < 4.78 is 34.3. The second-order valence-electron chi connectivity index (χ2n) is 9.01. The van der Waals surface area contributed by atoms with Gasteiger partial charge in [-0.3, -0.25) is 20.3 Å². The molecule has 194 valence electrons. The number of nitrogens with zero attached hydrogens (tertiary/aromatic N) is 2. The van der Waals surface area contributed by atoms with Gasteiger partial charge in [0.1, 0.15) is 10.6 Å². The Balaban J connectivity index is 1.60. The number of sulfonamides is 1. The number of hydrogen-bond acceptors (Lipinski definition) is 7. The van der Waals surface area contributed by atoms with Crippen LogP contribution in [0.25, 0.3) is 0 Å². The minimum absolute atomic E-state index is 0.103. The summed E-state index contributed by atoms with van der Waals surface area (Å²) in [6.45, 7) is 1.81. The van der Waals surface area contributed by atoms with E-state index in [1.165, 1.54) is 56.9 Å². The van der Waals surface area contributed by atoms with Gasteiger partial charge in [0.05, 0.1) is 29.1 Å². The maximum Gasteiger partial charge on any atom is 0.270 e. The highest BCUT2D eigenvalue weighted by Gasteiger charge is 2.24. The van der Waals surface area contributed by atoms with Gasteiger partial charge in [0.15, 0.2) is 0 Å². The summed E-state index contributed by atoms with van der Waals surface area (Å²) in [6, 6.07) is 18.4. The average molecular weight is 523 g/mol. The van der Waals surface area contributed by atoms with E-state index in [0.29, 0.717) is 17.4 Å². The third-order valence-corrected chi connectivity index (χ3v) is 7.97. The number of nitro groups is 1. The van der Waals surface area contributed by atoms with Crippen molar-refractivity contribution in [1.29, 1.82) is 0 Å². The van der Waals surface area contributed by atoms with Crippen LogP contribution in [0.3, 0.4) is 0 Å². The van der Waals surface area contributed by atoms with Gasteiger partial charge in [-0.15, -0.1) is 0 Å². The third kappa shape index (κ3) is 6.26. The molecule has 1 aliphatic rings. The van der Waals surface area contributed by atoms with Gasteiger partial charge >= 0.3 is 0 Å². The first-order chi connectivity index (χ1) is 17.8. The molecule has 0 saturated heterocycles. The Kier molecular flexibility index (Phi) is 8.08. The Morgan fingerprint density at radius 1 is 1.00 bits per heavy atom. The Bertz CT molecular complexity index is 1400. The molecule has 1 fully saturated rings. The van der Waals surface area contributed by atoms with E-state index in [1.807, 2.05) is 19.1 Å². The maximum absolute atomic E-state index is 13.3. The number of rotatable bonds is 9. The molecule has 0 radical (unpaired) electrons. The van der Waals surface area contributed by atoms with E-state index in [-0.39, 0.29) is 22.0 Å². The second-order valence-corrected chi connectivity index (χ2v) is 10.7. The summed E-state index contributed by atoms with van der Waals surface area (Å²) in [4.78, 5) is 10.4. The van der Waals surface area contributed by atoms with Crippen LogP contribution in [0.1, 0.15) is 56.1 Å². The summed E-state index contributed by atoms with van der Waals surface area (Å²) in [5, 5.41) is 15.7. The Labute approximate surface area is 216 Å². The summed E-state index contributed by atoms with van der Waals surface area (Å²) in [5.41, 5.74) is 5.62. The molecule has 3 aromatic carbocycles. The van der Waals surface area contributed by atoms with Gasteiger partial charge < -0.3 is 4.74 Å². The fraction of sp³-hybridized carbons (Fsp3) is 0.296. The Hall–Kier alpha value is -3.92. The molecule has 4 rings (SSSR count). The molecule has 2 N–H and O–H groups in total. The number of methoxy groups -OCH3 is 1. The number of hydrazone groups is 1. The average Bonchev–Trinajstić information content (AvgIpc) is 2.92. The van der Waals surface area contributed by atoms with Crippen LogP contribution in [0, 0.1) is 10.1 Å². The topological polar surface area (TPSA) is 123 Å². The summed E-state index contributed by atoms with van der Waals surface area (Å²) in [7, 11) is -2.81. The van der Waals surface area contributed by atoms with Crippen molar-refractivity contribution >= 4 is 32.8 Å². The van der Waals surface area contributed by atoms with E-state index < -0.39 is 14.9 Å². The van der Waals surface area contributed by atoms with Gasteiger partial charge in [-0.1, -0.05) is 55.7 Å². The number of anilines is 2. The SMILES string of the molecule is COc1ccccc1NS(=O)(=O)c1cc([N+](=O)[O-])ccc1NN=C(C)c1ccc(C2CCCCC2)cc1. The predicted octanol–water partition coefficient (Wildman–Crippen LogP) is 6.29. The predicted molar refractivity (Wildman–Crippen MR) is 145 cm³/mol. The van der Waals surface area contributed by atoms with Crippen molar-refractivity contribution < 1.29 is 18.1 Å². The third-order valence-electron chi connectivity index (χ3n) is 6.57. The van der Waals surface area contributed by atoms with Crippen LogP contribution in [-0.4, -0.2) is 26.2 Å². The van der Waals surface area contributed by atoms with Crippen LogP contribution in [0.15, 0.2) is 76.7 Å². The lowest BCUT2D eigenvalue weighted by molar-refractivity contribution is -0.385. The minimum atomic E-state index is -4.23. The number of nitro benzene ring substituents is 1. The lowest BCUT2D eigenvalue weighted by Crippen LogP contribution is -2.16. The van der Waals surface area contributed by atoms with Crippen LogP contribution >= 0.6 is 0 Å². The van der Waals surface area contributed by atoms with E-state index in [9.17, 15) is 18.5 Å². The number of benzene rings is 3. The van der Waals surface area contributed by atoms with Crippen molar-refractivity contribution in [2.45, 2.75) is 49.8 Å². The van der Waals surface area contributed by atoms with E-state index in [2.05, 4.69) is 27.4 Å². The van der Waals surface area contributed by atoms with Gasteiger partial charge in [-0.2, -0.15) is 5.10 Å². The molecule has 37 heavy (non-hydrogen) atoms. The van der Waals surface area contributed by atoms with E-state index in [1.54, 1.807) is 24.3 Å². The van der Waals surface area contributed by atoms with E-state index in [4.69, 9.17) is 4.74 Å². The summed E-state index contributed by atoms with van der Waals surface area (Å²) in [5.74, 6) is 0.915. The van der Waals surface area contributed by atoms with Gasteiger partial charge in [-0.05, 0) is 55.0 Å². The molecule has 1 aliphatic carbocycles. The molecular formula is C27H30N4O5S. The van der Waals surface area contributed by atoms with E-state index in [0.717, 1.165) is 11.6 Å². The van der Waals surface area contributed by atoms with Gasteiger partial charge in [0.25, 0.3) is 15.7 Å². The van der Waals surface area contributed by atoms with Crippen molar-refractivity contribution in [3.05, 3.63) is 88.0 Å². The van der Waals surface area contributed by atoms with Crippen LogP contribution in [0.2, 0.25) is 0 Å². The van der Waals surface area contributed by atoms with E-state index >= 15 is 0 Å². The molecular weight excluding hydrogens is 492 g/mol. The zero-order chi connectivity index (χ0) is 26.4. The fourth-order valence-corrected chi connectivity index (χ4v) is 5.76. The van der Waals surface area contributed by atoms with Gasteiger partial charge in [0.2, 0.25) is 0 Å². The van der Waals surface area contributed by atoms with Crippen LogP contribution in [0.5, 0.6) is 5.75 Å². The highest BCUT2D eigenvalue weighted by molar-refractivity contribution is 7.93. The highest BCUT2D eigenvalue weighted by Crippen LogP contribution is 2.33. The highest BCUT2D eigenvalue weighted by atomic mass is 32.2. The molecule has 0 spiro atoms. The molecule has 3 aromatic rings. The molecule has 0 aromatic heterocycles. The Morgan fingerprint density at radius 2 is 1.70 bits per heavy atom. The van der Waals surface area contributed by atoms with Crippen LogP contribution < -0.4 is 14.9 Å². The van der Waals surface area contributed by atoms with Crippen molar-refractivity contribution in [1.82, 2.24) is 0 Å². The van der Waals surface area contributed by atoms with Gasteiger partial charge in [0, 0.05) is 12.1 Å². The first-order valence-corrected chi connectivity index (χ1v) is 13.6. The zero-order valence-corrected chi connectivity index (χ0v) is 21.6. The molecule has 1 saturated carbocycles. The molecule has 0 amide bonds. The van der Waals surface area contributed by atoms with Crippen molar-refractivity contribution in [3.63, 3.8) is 0 Å². The lowest BCUT2D eigenvalue weighted by Gasteiger charge is -2.22. The normalized spacial score (nSPS) is 14.7. The van der Waals surface area contributed by atoms with Crippen molar-refractivity contribution in [3.8, 4) is 5.75 Å². The second kappa shape index (κ2) is 11.4. The molecule has 0 aliphatic heterocycles. The van der Waals surface area contributed by atoms with Gasteiger partial charge in [-0.25, -0.2) is 8.42 Å². The molecule has 0 bridgehead atoms. The maximum atomic E-state index is 13.3. The summed E-state index contributed by atoms with van der Waals surface area (Å²) in [6.07, 6.45) is 6.27. The fourth-order valence-electron chi connectivity index (χ4n) is 4.51. The van der Waals surface area contributed by atoms with Crippen molar-refractivity contribution in [2.24, 2.45) is 5.10 Å². The number of non-ortho nitro benzene ring substituents is 1. The smallest absolute Gasteiger partial charge is 0.270 e. The molecule has 0 unspecified atom stereocenters. The minimum Gasteiger partial charge on any atom is -0.495 e. The first kappa shape index (κ1) is 26.2. The lowest BCUT2D eigenvalue weighted by atomic mass is 9.84. The quantitative estimate of drug-likeness (QED) is 0.193. The number of ether oxygens (including phenoxy) is 1. The van der Waals surface area contributed by atoms with Crippen LogP contribution in [-0.2, 0) is 10.0 Å². The molecule has 10 heteroatoms.